The summed E-state index contributed by atoms with van der Waals surface area (Å²) in [6.07, 6.45) is 7.26. The van der Waals surface area contributed by atoms with E-state index in [-0.39, 0.29) is 11.9 Å². The summed E-state index contributed by atoms with van der Waals surface area (Å²) in [6, 6.07) is 1.92. The lowest BCUT2D eigenvalue weighted by Crippen LogP contribution is -2.38. The molecule has 2 aliphatic rings. The van der Waals surface area contributed by atoms with E-state index in [4.69, 9.17) is 4.52 Å². The van der Waals surface area contributed by atoms with Gasteiger partial charge in [0, 0.05) is 30.1 Å². The molecule has 1 unspecified atom stereocenters. The average Bonchev–Trinajstić information content (AvgIpc) is 3.05. The molecule has 2 aromatic rings. The van der Waals surface area contributed by atoms with E-state index >= 15 is 0 Å². The fourth-order valence-electron chi connectivity index (χ4n) is 2.93. The number of aromatic nitrogens is 2. The molecule has 21 heavy (non-hydrogen) atoms. The maximum atomic E-state index is 12.7. The predicted octanol–water partition coefficient (Wildman–Crippen LogP) is 3.38. The van der Waals surface area contributed by atoms with Crippen LogP contribution in [0.1, 0.15) is 65.3 Å². The van der Waals surface area contributed by atoms with Crippen LogP contribution in [0.3, 0.4) is 0 Å². The highest BCUT2D eigenvalue weighted by atomic mass is 32.1. The van der Waals surface area contributed by atoms with Gasteiger partial charge in [-0.1, -0.05) is 5.16 Å². The van der Waals surface area contributed by atoms with Crippen LogP contribution in [-0.2, 0) is 0 Å². The summed E-state index contributed by atoms with van der Waals surface area (Å²) in [7, 11) is 0. The zero-order valence-corrected chi connectivity index (χ0v) is 12.5. The Morgan fingerprint density at radius 1 is 1.33 bits per heavy atom. The number of carbonyl (C=O) groups is 1. The minimum absolute atomic E-state index is 0.0226. The van der Waals surface area contributed by atoms with Gasteiger partial charge in [-0.15, -0.1) is 11.3 Å². The van der Waals surface area contributed by atoms with Crippen molar-refractivity contribution in [1.82, 2.24) is 15.0 Å². The van der Waals surface area contributed by atoms with Crippen LogP contribution in [0.25, 0.3) is 0 Å². The largest absolute Gasteiger partial charge is 0.360 e. The van der Waals surface area contributed by atoms with Crippen molar-refractivity contribution >= 4 is 17.2 Å². The average molecular weight is 303 g/mol. The second kappa shape index (κ2) is 5.26. The molecule has 4 rings (SSSR count). The molecule has 0 bridgehead atoms. The van der Waals surface area contributed by atoms with Crippen LogP contribution in [0.4, 0.5) is 0 Å². The Morgan fingerprint density at radius 2 is 2.24 bits per heavy atom. The number of hydrogen-bond acceptors (Lipinski definition) is 5. The molecule has 110 valence electrons. The number of thiazole rings is 1. The molecule has 1 saturated carbocycles. The fraction of sp³-hybridized carbons (Fsp3) is 0.533. The summed E-state index contributed by atoms with van der Waals surface area (Å²) in [4.78, 5) is 19.0. The van der Waals surface area contributed by atoms with Crippen LogP contribution >= 0.6 is 11.3 Å². The first-order valence-corrected chi connectivity index (χ1v) is 8.38. The van der Waals surface area contributed by atoms with Crippen molar-refractivity contribution in [3.63, 3.8) is 0 Å². The topological polar surface area (TPSA) is 59.2 Å². The molecule has 0 N–H and O–H groups in total. The number of rotatable bonds is 3. The zero-order chi connectivity index (χ0) is 14.2. The Bertz CT molecular complexity index is 633. The molecular weight excluding hydrogens is 286 g/mol. The lowest BCUT2D eigenvalue weighted by molar-refractivity contribution is 0.0600. The molecule has 1 amide bonds. The van der Waals surface area contributed by atoms with Gasteiger partial charge in [0.1, 0.15) is 10.8 Å². The molecule has 0 aromatic carbocycles. The van der Waals surface area contributed by atoms with Gasteiger partial charge in [0.25, 0.3) is 5.91 Å². The first kappa shape index (κ1) is 13.0. The van der Waals surface area contributed by atoms with Crippen molar-refractivity contribution < 1.29 is 9.32 Å². The first-order valence-electron chi connectivity index (χ1n) is 7.50. The number of hydrogen-bond donors (Lipinski definition) is 0. The summed E-state index contributed by atoms with van der Waals surface area (Å²) in [6.45, 7) is 0.773. The summed E-state index contributed by atoms with van der Waals surface area (Å²) >= 11 is 1.62. The lowest BCUT2D eigenvalue weighted by Gasteiger charge is -2.33. The number of likely N-dealkylation sites (tertiary alicyclic amines) is 1. The second-order valence-corrected chi connectivity index (χ2v) is 6.70. The zero-order valence-electron chi connectivity index (χ0n) is 11.7. The number of amides is 1. The third-order valence-electron chi connectivity index (χ3n) is 4.23. The highest BCUT2D eigenvalue weighted by Crippen LogP contribution is 2.40. The monoisotopic (exact) mass is 303 g/mol. The Hall–Kier alpha value is -1.69. The van der Waals surface area contributed by atoms with E-state index in [2.05, 4.69) is 10.1 Å². The van der Waals surface area contributed by atoms with E-state index in [1.807, 2.05) is 16.3 Å². The van der Waals surface area contributed by atoms with Crippen LogP contribution < -0.4 is 0 Å². The fourth-order valence-corrected chi connectivity index (χ4v) is 3.71. The van der Waals surface area contributed by atoms with E-state index < -0.39 is 0 Å². The van der Waals surface area contributed by atoms with Gasteiger partial charge in [0.15, 0.2) is 5.69 Å². The van der Waals surface area contributed by atoms with Gasteiger partial charge in [-0.05, 0) is 32.1 Å². The van der Waals surface area contributed by atoms with Crippen LogP contribution in [0.15, 0.2) is 22.2 Å². The molecule has 2 fully saturated rings. The molecule has 2 aromatic heterocycles. The molecule has 0 spiro atoms. The van der Waals surface area contributed by atoms with Gasteiger partial charge in [0.05, 0.1) is 6.04 Å². The smallest absolute Gasteiger partial charge is 0.276 e. The van der Waals surface area contributed by atoms with Crippen molar-refractivity contribution in [3.05, 3.63) is 34.1 Å². The van der Waals surface area contributed by atoms with Gasteiger partial charge in [-0.2, -0.15) is 0 Å². The third-order valence-corrected chi connectivity index (χ3v) is 5.10. The van der Waals surface area contributed by atoms with Gasteiger partial charge in [-0.3, -0.25) is 4.79 Å². The standard InChI is InChI=1S/C15H17N3O2S/c19-15(11-9-13(20-17-11)10-4-5-10)18-7-2-1-3-12(18)14-16-6-8-21-14/h6,8-10,12H,1-5,7H2. The predicted molar refractivity (Wildman–Crippen MR) is 78.2 cm³/mol. The van der Waals surface area contributed by atoms with E-state index in [1.165, 1.54) is 0 Å². The number of nitrogens with zero attached hydrogens (tertiary/aromatic N) is 3. The maximum Gasteiger partial charge on any atom is 0.276 e. The Kier molecular flexibility index (Phi) is 3.25. The van der Waals surface area contributed by atoms with E-state index in [9.17, 15) is 4.79 Å². The van der Waals surface area contributed by atoms with Crippen LogP contribution in [-0.4, -0.2) is 27.5 Å². The molecule has 1 aliphatic heterocycles. The molecule has 0 radical (unpaired) electrons. The van der Waals surface area contributed by atoms with Gasteiger partial charge < -0.3 is 9.42 Å². The van der Waals surface area contributed by atoms with E-state index in [0.717, 1.165) is 49.4 Å². The Labute approximate surface area is 127 Å². The molecule has 1 saturated heterocycles. The van der Waals surface area contributed by atoms with Gasteiger partial charge in [-0.25, -0.2) is 4.98 Å². The lowest BCUT2D eigenvalue weighted by atomic mass is 10.0. The molecule has 5 nitrogen and oxygen atoms in total. The molecule has 3 heterocycles. The van der Waals surface area contributed by atoms with E-state index in [0.29, 0.717) is 11.6 Å². The van der Waals surface area contributed by atoms with Crippen LogP contribution in [0.2, 0.25) is 0 Å². The van der Waals surface area contributed by atoms with Crippen molar-refractivity contribution in [3.8, 4) is 0 Å². The van der Waals surface area contributed by atoms with E-state index in [1.54, 1.807) is 17.5 Å². The minimum Gasteiger partial charge on any atom is -0.360 e. The summed E-state index contributed by atoms with van der Waals surface area (Å²) in [5.74, 6) is 1.32. The number of piperidine rings is 1. The summed E-state index contributed by atoms with van der Waals surface area (Å²) in [5.41, 5.74) is 0.445. The Morgan fingerprint density at radius 3 is 3.00 bits per heavy atom. The third kappa shape index (κ3) is 2.48. The maximum absolute atomic E-state index is 12.7. The molecular formula is C15H17N3O2S. The van der Waals surface area contributed by atoms with Crippen molar-refractivity contribution in [2.24, 2.45) is 0 Å². The first-order chi connectivity index (χ1) is 10.3. The highest BCUT2D eigenvalue weighted by Gasteiger charge is 2.33. The highest BCUT2D eigenvalue weighted by molar-refractivity contribution is 7.09. The molecule has 1 atom stereocenters. The van der Waals surface area contributed by atoms with Crippen LogP contribution in [0.5, 0.6) is 0 Å². The summed E-state index contributed by atoms with van der Waals surface area (Å²) < 4.78 is 5.32. The normalized spacial score (nSPS) is 22.5. The second-order valence-electron chi connectivity index (χ2n) is 5.77. The van der Waals surface area contributed by atoms with Gasteiger partial charge in [0.2, 0.25) is 0 Å². The van der Waals surface area contributed by atoms with Crippen molar-refractivity contribution in [2.75, 3.05) is 6.54 Å². The number of carbonyl (C=O) groups excluding carboxylic acids is 1. The van der Waals surface area contributed by atoms with Crippen LogP contribution in [0, 0.1) is 0 Å². The Balaban J connectivity index is 1.58. The van der Waals surface area contributed by atoms with Crippen molar-refractivity contribution in [1.29, 1.82) is 0 Å². The summed E-state index contributed by atoms with van der Waals surface area (Å²) in [5, 5.41) is 6.97. The molecule has 6 heteroatoms. The van der Waals surface area contributed by atoms with Gasteiger partial charge >= 0.3 is 0 Å². The SMILES string of the molecule is O=C(c1cc(C2CC2)on1)N1CCCCC1c1nccs1. The minimum atomic E-state index is -0.0226. The molecule has 1 aliphatic carbocycles. The quantitative estimate of drug-likeness (QED) is 0.872. The van der Waals surface area contributed by atoms with Crippen molar-refractivity contribution in [2.45, 2.75) is 44.1 Å².